The first kappa shape index (κ1) is 14.5. The molecule has 1 aliphatic rings. The molecule has 3 unspecified atom stereocenters. The quantitative estimate of drug-likeness (QED) is 0.583. The topological polar surface area (TPSA) is 68.8 Å². The van der Waals surface area contributed by atoms with Crippen molar-refractivity contribution in [1.82, 2.24) is 20.2 Å². The van der Waals surface area contributed by atoms with Crippen LogP contribution in [0, 0.1) is 11.8 Å². The minimum atomic E-state index is 0.330. The van der Waals surface area contributed by atoms with Gasteiger partial charge in [0, 0.05) is 19.0 Å². The maximum absolute atomic E-state index is 5.77. The number of hydrogen-bond donors (Lipinski definition) is 2. The fourth-order valence-electron chi connectivity index (χ4n) is 3.25. The van der Waals surface area contributed by atoms with Crippen LogP contribution in [0.1, 0.15) is 51.8 Å². The average Bonchev–Trinajstić information content (AvgIpc) is 3.05. The molecule has 1 saturated carbocycles. The number of aromatic nitrogens is 3. The smallest absolute Gasteiger partial charge is 0.138 e. The molecule has 5 nitrogen and oxygen atoms in total. The van der Waals surface area contributed by atoms with E-state index in [-0.39, 0.29) is 0 Å². The van der Waals surface area contributed by atoms with E-state index in [1.54, 1.807) is 6.33 Å². The Balaban J connectivity index is 1.97. The van der Waals surface area contributed by atoms with E-state index in [2.05, 4.69) is 29.4 Å². The minimum absolute atomic E-state index is 0.330. The van der Waals surface area contributed by atoms with Crippen LogP contribution in [0.5, 0.6) is 0 Å². The summed E-state index contributed by atoms with van der Waals surface area (Å²) in [5, 5.41) is 4.29. The molecule has 108 valence electrons. The molecule has 1 aliphatic carbocycles. The number of nitrogens with one attached hydrogen (secondary N) is 1. The maximum Gasteiger partial charge on any atom is 0.138 e. The fraction of sp³-hybridized carbons (Fsp3) is 0.857. The molecule has 1 heterocycles. The van der Waals surface area contributed by atoms with Crippen molar-refractivity contribution in [3.63, 3.8) is 0 Å². The van der Waals surface area contributed by atoms with E-state index in [1.165, 1.54) is 25.7 Å². The first-order chi connectivity index (χ1) is 9.28. The largest absolute Gasteiger partial charge is 0.271 e. The van der Waals surface area contributed by atoms with Crippen LogP contribution in [0.2, 0.25) is 0 Å². The lowest BCUT2D eigenvalue weighted by Gasteiger charge is -2.22. The van der Waals surface area contributed by atoms with Gasteiger partial charge in [0.05, 0.1) is 0 Å². The van der Waals surface area contributed by atoms with Gasteiger partial charge >= 0.3 is 0 Å². The maximum atomic E-state index is 5.77. The summed E-state index contributed by atoms with van der Waals surface area (Å²) in [6.45, 7) is 5.39. The summed E-state index contributed by atoms with van der Waals surface area (Å²) < 4.78 is 2.01. The summed E-state index contributed by atoms with van der Waals surface area (Å²) in [6, 6.07) is 0.330. The SMILES string of the molecule is CCCn1ncnc1CC(NN)C1CCC(CC)C1. The third-order valence-corrected chi connectivity index (χ3v) is 4.48. The highest BCUT2D eigenvalue weighted by atomic mass is 15.3. The van der Waals surface area contributed by atoms with Crippen LogP contribution >= 0.6 is 0 Å². The van der Waals surface area contributed by atoms with Crippen LogP contribution in [-0.4, -0.2) is 20.8 Å². The Morgan fingerprint density at radius 3 is 2.95 bits per heavy atom. The molecular weight excluding hydrogens is 238 g/mol. The van der Waals surface area contributed by atoms with Crippen molar-refractivity contribution in [3.05, 3.63) is 12.2 Å². The zero-order chi connectivity index (χ0) is 13.7. The highest BCUT2D eigenvalue weighted by molar-refractivity contribution is 4.93. The van der Waals surface area contributed by atoms with Gasteiger partial charge < -0.3 is 0 Å². The van der Waals surface area contributed by atoms with Crippen molar-refractivity contribution < 1.29 is 0 Å². The molecule has 0 radical (unpaired) electrons. The van der Waals surface area contributed by atoms with E-state index >= 15 is 0 Å². The van der Waals surface area contributed by atoms with Crippen molar-refractivity contribution in [2.24, 2.45) is 17.7 Å². The summed E-state index contributed by atoms with van der Waals surface area (Å²) in [7, 11) is 0. The standard InChI is InChI=1S/C14H27N5/c1-3-7-19-14(16-10-17-19)9-13(18-15)12-6-5-11(4-2)8-12/h10-13,18H,3-9,15H2,1-2H3. The third kappa shape index (κ3) is 3.54. The van der Waals surface area contributed by atoms with Crippen LogP contribution in [0.4, 0.5) is 0 Å². The lowest BCUT2D eigenvalue weighted by Crippen LogP contribution is -2.42. The monoisotopic (exact) mass is 265 g/mol. The molecule has 0 bridgehead atoms. The van der Waals surface area contributed by atoms with Crippen molar-refractivity contribution >= 4 is 0 Å². The van der Waals surface area contributed by atoms with Crippen LogP contribution in [0.3, 0.4) is 0 Å². The molecule has 1 fully saturated rings. The zero-order valence-electron chi connectivity index (χ0n) is 12.2. The van der Waals surface area contributed by atoms with E-state index < -0.39 is 0 Å². The van der Waals surface area contributed by atoms with Crippen molar-refractivity contribution in [1.29, 1.82) is 0 Å². The van der Waals surface area contributed by atoms with Gasteiger partial charge in [0.2, 0.25) is 0 Å². The van der Waals surface area contributed by atoms with E-state index in [4.69, 9.17) is 5.84 Å². The fourth-order valence-corrected chi connectivity index (χ4v) is 3.25. The predicted octanol–water partition coefficient (Wildman–Crippen LogP) is 1.89. The second-order valence-electron chi connectivity index (χ2n) is 5.72. The highest BCUT2D eigenvalue weighted by Crippen LogP contribution is 2.35. The summed E-state index contributed by atoms with van der Waals surface area (Å²) in [5.74, 6) is 8.40. The van der Waals surface area contributed by atoms with Crippen LogP contribution in [0.15, 0.2) is 6.33 Å². The molecule has 3 atom stereocenters. The third-order valence-electron chi connectivity index (χ3n) is 4.48. The lowest BCUT2D eigenvalue weighted by atomic mass is 9.94. The molecule has 0 saturated heterocycles. The normalized spacial score (nSPS) is 24.8. The Labute approximate surface area is 115 Å². The number of nitrogens with two attached hydrogens (primary N) is 1. The van der Waals surface area contributed by atoms with Gasteiger partial charge in [0.1, 0.15) is 12.2 Å². The van der Waals surface area contributed by atoms with Gasteiger partial charge in [-0.25, -0.2) is 4.98 Å². The molecule has 1 aromatic rings. The van der Waals surface area contributed by atoms with Gasteiger partial charge in [-0.2, -0.15) is 5.10 Å². The van der Waals surface area contributed by atoms with Gasteiger partial charge in [-0.05, 0) is 31.1 Å². The molecule has 0 amide bonds. The molecule has 3 N–H and O–H groups in total. The molecule has 1 aromatic heterocycles. The van der Waals surface area contributed by atoms with Crippen molar-refractivity contribution in [2.75, 3.05) is 0 Å². The Kier molecular flexibility index (Phi) is 5.34. The molecule has 5 heteroatoms. The van der Waals surface area contributed by atoms with Crippen LogP contribution < -0.4 is 11.3 Å². The van der Waals surface area contributed by atoms with Crippen molar-refractivity contribution in [2.45, 2.75) is 65.0 Å². The minimum Gasteiger partial charge on any atom is -0.271 e. The van der Waals surface area contributed by atoms with Crippen LogP contribution in [0.25, 0.3) is 0 Å². The summed E-state index contributed by atoms with van der Waals surface area (Å²) in [4.78, 5) is 4.39. The van der Waals surface area contributed by atoms with Gasteiger partial charge in [-0.3, -0.25) is 16.0 Å². The Bertz CT molecular complexity index is 376. The molecule has 0 aromatic carbocycles. The van der Waals surface area contributed by atoms with Gasteiger partial charge in [0.15, 0.2) is 0 Å². The molecule has 19 heavy (non-hydrogen) atoms. The number of hydrazine groups is 1. The summed E-state index contributed by atoms with van der Waals surface area (Å²) in [5.41, 5.74) is 3.02. The van der Waals surface area contributed by atoms with E-state index in [0.29, 0.717) is 12.0 Å². The number of rotatable bonds is 7. The molecule has 0 aliphatic heterocycles. The Morgan fingerprint density at radius 2 is 2.32 bits per heavy atom. The number of nitrogens with zero attached hydrogens (tertiary/aromatic N) is 3. The summed E-state index contributed by atoms with van der Waals surface area (Å²) in [6.07, 6.45) is 8.85. The predicted molar refractivity (Wildman–Crippen MR) is 76.3 cm³/mol. The average molecular weight is 265 g/mol. The lowest BCUT2D eigenvalue weighted by molar-refractivity contribution is 0.338. The van der Waals surface area contributed by atoms with Crippen molar-refractivity contribution in [3.8, 4) is 0 Å². The Hall–Kier alpha value is -0.940. The first-order valence-electron chi connectivity index (χ1n) is 7.61. The number of hydrogen-bond acceptors (Lipinski definition) is 4. The van der Waals surface area contributed by atoms with Gasteiger partial charge in [0.25, 0.3) is 0 Å². The van der Waals surface area contributed by atoms with E-state index in [1.807, 2.05) is 4.68 Å². The van der Waals surface area contributed by atoms with Gasteiger partial charge in [-0.1, -0.05) is 26.7 Å². The molecular formula is C14H27N5. The first-order valence-corrected chi connectivity index (χ1v) is 7.61. The number of aryl methyl sites for hydroxylation is 1. The highest BCUT2D eigenvalue weighted by Gasteiger charge is 2.30. The second kappa shape index (κ2) is 7.01. The summed E-state index contributed by atoms with van der Waals surface area (Å²) >= 11 is 0. The van der Waals surface area contributed by atoms with Gasteiger partial charge in [-0.15, -0.1) is 0 Å². The van der Waals surface area contributed by atoms with Crippen LogP contribution in [-0.2, 0) is 13.0 Å². The van der Waals surface area contributed by atoms with E-state index in [9.17, 15) is 0 Å². The molecule has 2 rings (SSSR count). The Morgan fingerprint density at radius 1 is 1.47 bits per heavy atom. The zero-order valence-corrected chi connectivity index (χ0v) is 12.2. The molecule has 0 spiro atoms. The second-order valence-corrected chi connectivity index (χ2v) is 5.72. The van der Waals surface area contributed by atoms with E-state index in [0.717, 1.165) is 31.1 Å².